The number of nitrogens with zero attached hydrogens (tertiary/aromatic N) is 2. The van der Waals surface area contributed by atoms with Gasteiger partial charge in [0.05, 0.1) is 12.0 Å². The standard InChI is InChI=1S/C16H30N2O2/c1-12(2)14-10-18(11-14)15(19)9-16(20)5-7-17(8-6-16)13(3)4/h12-14,20H,5-11H2,1-4H3. The summed E-state index contributed by atoms with van der Waals surface area (Å²) in [5.41, 5.74) is -0.772. The van der Waals surface area contributed by atoms with Gasteiger partial charge in [0.15, 0.2) is 0 Å². The van der Waals surface area contributed by atoms with Crippen LogP contribution in [0.5, 0.6) is 0 Å². The molecule has 0 aliphatic carbocycles. The number of carbonyl (C=O) groups excluding carboxylic acids is 1. The summed E-state index contributed by atoms with van der Waals surface area (Å²) >= 11 is 0. The van der Waals surface area contributed by atoms with Gasteiger partial charge in [-0.3, -0.25) is 4.79 Å². The van der Waals surface area contributed by atoms with Gasteiger partial charge in [0.2, 0.25) is 5.91 Å². The van der Waals surface area contributed by atoms with Gasteiger partial charge in [0, 0.05) is 32.2 Å². The molecule has 116 valence electrons. The van der Waals surface area contributed by atoms with E-state index in [-0.39, 0.29) is 5.91 Å². The molecule has 2 heterocycles. The van der Waals surface area contributed by atoms with Crippen LogP contribution in [-0.2, 0) is 4.79 Å². The zero-order valence-corrected chi connectivity index (χ0v) is 13.4. The third-order valence-electron chi connectivity index (χ3n) is 5.14. The molecule has 1 amide bonds. The van der Waals surface area contributed by atoms with E-state index in [9.17, 15) is 9.90 Å². The topological polar surface area (TPSA) is 43.8 Å². The lowest BCUT2D eigenvalue weighted by Crippen LogP contribution is -2.55. The van der Waals surface area contributed by atoms with Gasteiger partial charge in [-0.2, -0.15) is 0 Å². The third-order valence-corrected chi connectivity index (χ3v) is 5.14. The lowest BCUT2D eigenvalue weighted by molar-refractivity contribution is -0.146. The van der Waals surface area contributed by atoms with Crippen molar-refractivity contribution in [2.45, 2.75) is 58.6 Å². The highest BCUT2D eigenvalue weighted by atomic mass is 16.3. The van der Waals surface area contributed by atoms with Crippen molar-refractivity contribution in [2.75, 3.05) is 26.2 Å². The molecule has 4 heteroatoms. The maximum absolute atomic E-state index is 12.2. The zero-order chi connectivity index (χ0) is 14.9. The molecule has 0 aromatic carbocycles. The van der Waals surface area contributed by atoms with E-state index in [1.807, 2.05) is 4.90 Å². The molecule has 1 N–H and O–H groups in total. The van der Waals surface area contributed by atoms with E-state index in [0.29, 0.717) is 24.3 Å². The molecule has 2 aliphatic rings. The van der Waals surface area contributed by atoms with Gasteiger partial charge >= 0.3 is 0 Å². The number of amides is 1. The molecule has 0 aromatic heterocycles. The van der Waals surface area contributed by atoms with Crippen LogP contribution in [0.15, 0.2) is 0 Å². The lowest BCUT2D eigenvalue weighted by Gasteiger charge is -2.44. The minimum atomic E-state index is -0.772. The second kappa shape index (κ2) is 6.02. The Morgan fingerprint density at radius 2 is 1.75 bits per heavy atom. The molecule has 0 unspecified atom stereocenters. The van der Waals surface area contributed by atoms with Crippen molar-refractivity contribution in [3.63, 3.8) is 0 Å². The first-order valence-corrected chi connectivity index (χ1v) is 8.05. The Labute approximate surface area is 123 Å². The smallest absolute Gasteiger partial charge is 0.225 e. The average Bonchev–Trinajstić information content (AvgIpc) is 2.25. The normalized spacial score (nSPS) is 24.2. The summed E-state index contributed by atoms with van der Waals surface area (Å²) in [6.07, 6.45) is 1.75. The highest BCUT2D eigenvalue weighted by Gasteiger charge is 2.39. The summed E-state index contributed by atoms with van der Waals surface area (Å²) in [5.74, 6) is 1.44. The van der Waals surface area contributed by atoms with Crippen molar-refractivity contribution in [1.29, 1.82) is 0 Å². The van der Waals surface area contributed by atoms with Crippen LogP contribution in [0.1, 0.15) is 47.0 Å². The van der Waals surface area contributed by atoms with Crippen molar-refractivity contribution in [3.05, 3.63) is 0 Å². The molecular formula is C16H30N2O2. The molecule has 0 radical (unpaired) electrons. The van der Waals surface area contributed by atoms with E-state index in [2.05, 4.69) is 32.6 Å². The molecule has 4 nitrogen and oxygen atoms in total. The molecule has 2 fully saturated rings. The predicted molar refractivity (Wildman–Crippen MR) is 80.4 cm³/mol. The molecule has 0 saturated carbocycles. The van der Waals surface area contributed by atoms with E-state index in [1.165, 1.54) is 0 Å². The molecule has 2 aliphatic heterocycles. The van der Waals surface area contributed by atoms with Crippen molar-refractivity contribution < 1.29 is 9.90 Å². The van der Waals surface area contributed by atoms with Gasteiger partial charge in [0.1, 0.15) is 0 Å². The van der Waals surface area contributed by atoms with Crippen LogP contribution >= 0.6 is 0 Å². The number of hydrogen-bond donors (Lipinski definition) is 1. The number of likely N-dealkylation sites (tertiary alicyclic amines) is 2. The van der Waals surface area contributed by atoms with Crippen LogP contribution < -0.4 is 0 Å². The number of aliphatic hydroxyl groups is 1. The van der Waals surface area contributed by atoms with Gasteiger partial charge in [-0.25, -0.2) is 0 Å². The molecule has 20 heavy (non-hydrogen) atoms. The number of hydrogen-bond acceptors (Lipinski definition) is 3. The van der Waals surface area contributed by atoms with Crippen LogP contribution in [-0.4, -0.2) is 58.6 Å². The fourth-order valence-corrected chi connectivity index (χ4v) is 3.16. The van der Waals surface area contributed by atoms with Gasteiger partial charge in [-0.1, -0.05) is 13.8 Å². The van der Waals surface area contributed by atoms with Gasteiger partial charge in [-0.05, 0) is 38.5 Å². The molecule has 2 rings (SSSR count). The van der Waals surface area contributed by atoms with E-state index < -0.39 is 5.60 Å². The third kappa shape index (κ3) is 3.53. The summed E-state index contributed by atoms with van der Waals surface area (Å²) in [6, 6.07) is 0.525. The Morgan fingerprint density at radius 1 is 1.20 bits per heavy atom. The molecule has 0 aromatic rings. The summed E-state index contributed by atoms with van der Waals surface area (Å²) in [4.78, 5) is 16.5. The zero-order valence-electron chi connectivity index (χ0n) is 13.4. The van der Waals surface area contributed by atoms with E-state index in [0.717, 1.165) is 39.0 Å². The summed E-state index contributed by atoms with van der Waals surface area (Å²) in [6.45, 7) is 12.3. The van der Waals surface area contributed by atoms with Crippen molar-refractivity contribution >= 4 is 5.91 Å². The SMILES string of the molecule is CC(C)C1CN(C(=O)CC2(O)CCN(C(C)C)CC2)C1. The second-order valence-electron chi connectivity index (χ2n) is 7.33. The Kier molecular flexibility index (Phi) is 4.75. The Balaban J connectivity index is 1.78. The highest BCUT2D eigenvalue weighted by molar-refractivity contribution is 5.78. The monoisotopic (exact) mass is 282 g/mol. The lowest BCUT2D eigenvalue weighted by atomic mass is 9.84. The van der Waals surface area contributed by atoms with Crippen LogP contribution in [0.4, 0.5) is 0 Å². The first-order chi connectivity index (χ1) is 9.31. The molecular weight excluding hydrogens is 252 g/mol. The van der Waals surface area contributed by atoms with Crippen molar-refractivity contribution in [2.24, 2.45) is 11.8 Å². The number of rotatable bonds is 4. The largest absolute Gasteiger partial charge is 0.389 e. The predicted octanol–water partition coefficient (Wildman–Crippen LogP) is 1.73. The van der Waals surface area contributed by atoms with Crippen LogP contribution in [0.3, 0.4) is 0 Å². The van der Waals surface area contributed by atoms with E-state index in [1.54, 1.807) is 0 Å². The van der Waals surface area contributed by atoms with Gasteiger partial charge < -0.3 is 14.9 Å². The van der Waals surface area contributed by atoms with Crippen molar-refractivity contribution in [3.8, 4) is 0 Å². The Bertz CT molecular complexity index is 340. The summed E-state index contributed by atoms with van der Waals surface area (Å²) < 4.78 is 0. The van der Waals surface area contributed by atoms with E-state index in [4.69, 9.17) is 0 Å². The van der Waals surface area contributed by atoms with Gasteiger partial charge in [0.25, 0.3) is 0 Å². The molecule has 0 spiro atoms. The molecule has 0 atom stereocenters. The quantitative estimate of drug-likeness (QED) is 0.854. The maximum Gasteiger partial charge on any atom is 0.225 e. The minimum absolute atomic E-state index is 0.141. The fourth-order valence-electron chi connectivity index (χ4n) is 3.16. The minimum Gasteiger partial charge on any atom is -0.389 e. The molecule has 0 bridgehead atoms. The average molecular weight is 282 g/mol. The molecule has 2 saturated heterocycles. The second-order valence-corrected chi connectivity index (χ2v) is 7.33. The Hall–Kier alpha value is -0.610. The van der Waals surface area contributed by atoms with Gasteiger partial charge in [-0.15, -0.1) is 0 Å². The fraction of sp³-hybridized carbons (Fsp3) is 0.938. The van der Waals surface area contributed by atoms with Crippen LogP contribution in [0.25, 0.3) is 0 Å². The first kappa shape index (κ1) is 15.8. The Morgan fingerprint density at radius 3 is 2.20 bits per heavy atom. The maximum atomic E-state index is 12.2. The van der Waals surface area contributed by atoms with E-state index >= 15 is 0 Å². The van der Waals surface area contributed by atoms with Crippen molar-refractivity contribution in [1.82, 2.24) is 9.80 Å². The van der Waals surface area contributed by atoms with Crippen LogP contribution in [0, 0.1) is 11.8 Å². The first-order valence-electron chi connectivity index (χ1n) is 8.05. The highest BCUT2D eigenvalue weighted by Crippen LogP contribution is 2.30. The van der Waals surface area contributed by atoms with Crippen LogP contribution in [0.2, 0.25) is 0 Å². The summed E-state index contributed by atoms with van der Waals surface area (Å²) in [5, 5.41) is 10.6. The summed E-state index contributed by atoms with van der Waals surface area (Å²) in [7, 11) is 0. The number of piperidine rings is 1. The number of carbonyl (C=O) groups is 1.